The Morgan fingerprint density at radius 3 is 2.27 bits per heavy atom. The van der Waals surface area contributed by atoms with Crippen molar-refractivity contribution in [2.45, 2.75) is 45.3 Å². The topological polar surface area (TPSA) is 47.6 Å². The van der Waals surface area contributed by atoms with E-state index in [1.807, 2.05) is 42.5 Å². The molecule has 1 N–H and O–H groups in total. The van der Waals surface area contributed by atoms with E-state index in [-0.39, 0.29) is 24.2 Å². The van der Waals surface area contributed by atoms with Crippen LogP contribution in [-0.2, 0) is 15.7 Å². The van der Waals surface area contributed by atoms with E-state index in [4.69, 9.17) is 9.31 Å². The van der Waals surface area contributed by atoms with Gasteiger partial charge < -0.3 is 14.6 Å². The molecule has 0 bridgehead atoms. The van der Waals surface area contributed by atoms with Gasteiger partial charge in [-0.3, -0.25) is 4.79 Å². The second-order valence-corrected chi connectivity index (χ2v) is 7.71. The van der Waals surface area contributed by atoms with Crippen molar-refractivity contribution in [1.82, 2.24) is 5.32 Å². The first-order valence-electron chi connectivity index (χ1n) is 9.06. The third-order valence-corrected chi connectivity index (χ3v) is 5.21. The lowest BCUT2D eigenvalue weighted by molar-refractivity contribution is 0.00578. The first-order chi connectivity index (χ1) is 12.3. The number of benzene rings is 2. The smallest absolute Gasteiger partial charge is 0.399 e. The van der Waals surface area contributed by atoms with Gasteiger partial charge in [0.1, 0.15) is 0 Å². The zero-order valence-corrected chi connectivity index (χ0v) is 15.9. The Morgan fingerprint density at radius 2 is 1.62 bits per heavy atom. The maximum absolute atomic E-state index is 12.1. The van der Waals surface area contributed by atoms with Crippen LogP contribution < -0.4 is 10.8 Å². The van der Waals surface area contributed by atoms with Gasteiger partial charge >= 0.3 is 7.12 Å². The summed E-state index contributed by atoms with van der Waals surface area (Å²) >= 11 is 0. The molecule has 0 atom stereocenters. The zero-order chi connectivity index (χ0) is 18.8. The molecular formula is C21H26BNO3. The molecule has 0 spiro atoms. The summed E-state index contributed by atoms with van der Waals surface area (Å²) in [6.07, 6.45) is 0.756. The van der Waals surface area contributed by atoms with Gasteiger partial charge in [0, 0.05) is 12.1 Å². The molecule has 0 radical (unpaired) electrons. The number of carbonyl (C=O) groups excluding carboxylic acids is 1. The standard InChI is InChI=1S/C21H26BNO3/c1-20(2)21(3,4)26-22(25-20)18-12-8-9-16(15-18)13-14-23-19(24)17-10-6-5-7-11-17/h5-12,15H,13-14H2,1-4H3,(H,23,24). The van der Waals surface area contributed by atoms with Crippen LogP contribution in [0.15, 0.2) is 54.6 Å². The Kier molecular flexibility index (Phi) is 5.21. The molecule has 1 heterocycles. The molecular weight excluding hydrogens is 325 g/mol. The van der Waals surface area contributed by atoms with Gasteiger partial charge in [0.2, 0.25) is 0 Å². The van der Waals surface area contributed by atoms with Crippen LogP contribution in [0.2, 0.25) is 0 Å². The molecule has 4 nitrogen and oxygen atoms in total. The molecule has 1 fully saturated rings. The molecule has 0 aromatic heterocycles. The third kappa shape index (κ3) is 4.00. The van der Waals surface area contributed by atoms with Crippen molar-refractivity contribution in [2.75, 3.05) is 6.54 Å². The number of amides is 1. The molecule has 1 aliphatic rings. The van der Waals surface area contributed by atoms with Crippen molar-refractivity contribution in [1.29, 1.82) is 0 Å². The highest BCUT2D eigenvalue weighted by atomic mass is 16.7. The van der Waals surface area contributed by atoms with E-state index in [2.05, 4.69) is 45.1 Å². The number of hydrogen-bond acceptors (Lipinski definition) is 3. The minimum absolute atomic E-state index is 0.0484. The normalized spacial score (nSPS) is 17.9. The van der Waals surface area contributed by atoms with E-state index in [9.17, 15) is 4.79 Å². The van der Waals surface area contributed by atoms with E-state index >= 15 is 0 Å². The van der Waals surface area contributed by atoms with Crippen molar-refractivity contribution in [3.8, 4) is 0 Å². The van der Waals surface area contributed by atoms with Crippen LogP contribution in [0.5, 0.6) is 0 Å². The highest BCUT2D eigenvalue weighted by Gasteiger charge is 2.51. The fourth-order valence-electron chi connectivity index (χ4n) is 2.89. The molecule has 2 aromatic rings. The molecule has 1 saturated heterocycles. The summed E-state index contributed by atoms with van der Waals surface area (Å²) in [5.41, 5.74) is 2.13. The van der Waals surface area contributed by atoms with E-state index in [0.717, 1.165) is 17.4 Å². The fourth-order valence-corrected chi connectivity index (χ4v) is 2.89. The Hall–Kier alpha value is -2.11. The molecule has 1 amide bonds. The predicted molar refractivity (Wildman–Crippen MR) is 105 cm³/mol. The van der Waals surface area contributed by atoms with E-state index in [1.165, 1.54) is 0 Å². The van der Waals surface area contributed by atoms with Gasteiger partial charge in [-0.05, 0) is 57.3 Å². The van der Waals surface area contributed by atoms with Crippen molar-refractivity contribution in [3.63, 3.8) is 0 Å². The van der Waals surface area contributed by atoms with Crippen molar-refractivity contribution < 1.29 is 14.1 Å². The van der Waals surface area contributed by atoms with Gasteiger partial charge in [-0.15, -0.1) is 0 Å². The van der Waals surface area contributed by atoms with Gasteiger partial charge in [0.15, 0.2) is 0 Å². The van der Waals surface area contributed by atoms with Gasteiger partial charge in [0.25, 0.3) is 5.91 Å². The second-order valence-electron chi connectivity index (χ2n) is 7.71. The van der Waals surface area contributed by atoms with E-state index in [0.29, 0.717) is 12.1 Å². The predicted octanol–water partition coefficient (Wildman–Crippen LogP) is 2.96. The maximum Gasteiger partial charge on any atom is 0.494 e. The summed E-state index contributed by atoms with van der Waals surface area (Å²) < 4.78 is 12.2. The maximum atomic E-state index is 12.1. The molecule has 0 aliphatic carbocycles. The quantitative estimate of drug-likeness (QED) is 0.843. The minimum Gasteiger partial charge on any atom is -0.399 e. The molecule has 0 unspecified atom stereocenters. The third-order valence-electron chi connectivity index (χ3n) is 5.21. The summed E-state index contributed by atoms with van der Waals surface area (Å²) in [6.45, 7) is 8.79. The minimum atomic E-state index is -0.362. The van der Waals surface area contributed by atoms with Gasteiger partial charge in [0.05, 0.1) is 11.2 Å². The van der Waals surface area contributed by atoms with Gasteiger partial charge in [-0.25, -0.2) is 0 Å². The zero-order valence-electron chi connectivity index (χ0n) is 15.9. The van der Waals surface area contributed by atoms with Crippen LogP contribution in [0.4, 0.5) is 0 Å². The molecule has 26 heavy (non-hydrogen) atoms. The number of rotatable bonds is 5. The number of carbonyl (C=O) groups is 1. The summed E-state index contributed by atoms with van der Waals surface area (Å²) in [6, 6.07) is 17.4. The Balaban J connectivity index is 1.59. The van der Waals surface area contributed by atoms with Crippen LogP contribution in [-0.4, -0.2) is 30.8 Å². The lowest BCUT2D eigenvalue weighted by Gasteiger charge is -2.32. The molecule has 0 saturated carbocycles. The lowest BCUT2D eigenvalue weighted by Crippen LogP contribution is -2.41. The summed E-state index contributed by atoms with van der Waals surface area (Å²) in [5.74, 6) is -0.0484. The second kappa shape index (κ2) is 7.26. The molecule has 2 aromatic carbocycles. The van der Waals surface area contributed by atoms with Crippen LogP contribution in [0.3, 0.4) is 0 Å². The van der Waals surface area contributed by atoms with Crippen LogP contribution in [0.25, 0.3) is 0 Å². The van der Waals surface area contributed by atoms with E-state index < -0.39 is 0 Å². The van der Waals surface area contributed by atoms with Crippen molar-refractivity contribution in [3.05, 3.63) is 65.7 Å². The van der Waals surface area contributed by atoms with Crippen LogP contribution >= 0.6 is 0 Å². The Labute approximate surface area is 156 Å². The first-order valence-corrected chi connectivity index (χ1v) is 9.06. The molecule has 136 valence electrons. The van der Waals surface area contributed by atoms with Crippen molar-refractivity contribution in [2.24, 2.45) is 0 Å². The lowest BCUT2D eigenvalue weighted by atomic mass is 9.78. The number of hydrogen-bond donors (Lipinski definition) is 1. The van der Waals surface area contributed by atoms with Crippen LogP contribution in [0, 0.1) is 0 Å². The molecule has 3 rings (SSSR count). The Bertz CT molecular complexity index is 758. The average Bonchev–Trinajstić information content (AvgIpc) is 2.84. The highest BCUT2D eigenvalue weighted by molar-refractivity contribution is 6.62. The Morgan fingerprint density at radius 1 is 0.962 bits per heavy atom. The van der Waals surface area contributed by atoms with Gasteiger partial charge in [-0.2, -0.15) is 0 Å². The summed E-state index contributed by atoms with van der Waals surface area (Å²) in [5, 5.41) is 2.96. The van der Waals surface area contributed by atoms with Crippen molar-refractivity contribution >= 4 is 18.5 Å². The average molecular weight is 351 g/mol. The first kappa shape index (κ1) is 18.7. The highest BCUT2D eigenvalue weighted by Crippen LogP contribution is 2.36. The fraction of sp³-hybridized carbons (Fsp3) is 0.381. The molecule has 5 heteroatoms. The SMILES string of the molecule is CC1(C)OB(c2cccc(CCNC(=O)c3ccccc3)c2)OC1(C)C. The molecule has 1 aliphatic heterocycles. The summed E-state index contributed by atoms with van der Waals surface area (Å²) in [7, 11) is -0.362. The summed E-state index contributed by atoms with van der Waals surface area (Å²) in [4.78, 5) is 12.1. The van der Waals surface area contributed by atoms with E-state index in [1.54, 1.807) is 0 Å². The monoisotopic (exact) mass is 351 g/mol. The largest absolute Gasteiger partial charge is 0.494 e. The number of nitrogens with one attached hydrogen (secondary N) is 1. The van der Waals surface area contributed by atoms with Gasteiger partial charge in [-0.1, -0.05) is 42.5 Å². The van der Waals surface area contributed by atoms with Crippen LogP contribution in [0.1, 0.15) is 43.6 Å².